The van der Waals surface area contributed by atoms with E-state index in [4.69, 9.17) is 10.9 Å². The predicted molar refractivity (Wildman–Crippen MR) is 68.0 cm³/mol. The van der Waals surface area contributed by atoms with Crippen LogP contribution in [0.3, 0.4) is 0 Å². The second-order valence-corrected chi connectivity index (χ2v) is 3.83. The molecule has 0 aromatic carbocycles. The summed E-state index contributed by atoms with van der Waals surface area (Å²) in [6.07, 6.45) is 3.06. The number of rotatable bonds is 4. The van der Waals surface area contributed by atoms with Crippen LogP contribution in [0.25, 0.3) is 0 Å². The van der Waals surface area contributed by atoms with Crippen LogP contribution < -0.4 is 11.3 Å². The molecule has 0 aliphatic rings. The fraction of sp³-hybridized carbons (Fsp3) is 0.273. The fourth-order valence-electron chi connectivity index (χ4n) is 1.74. The number of hydrogen-bond donors (Lipinski definition) is 2. The van der Waals surface area contributed by atoms with Gasteiger partial charge in [-0.25, -0.2) is 9.67 Å². The molecule has 0 aliphatic carbocycles. The van der Waals surface area contributed by atoms with Gasteiger partial charge >= 0.3 is 0 Å². The zero-order valence-electron chi connectivity index (χ0n) is 10.4. The van der Waals surface area contributed by atoms with Gasteiger partial charge in [0.15, 0.2) is 5.84 Å². The van der Waals surface area contributed by atoms with Crippen LogP contribution in [-0.2, 0) is 13.1 Å². The van der Waals surface area contributed by atoms with E-state index in [9.17, 15) is 4.79 Å². The van der Waals surface area contributed by atoms with Crippen LogP contribution in [0.1, 0.15) is 18.3 Å². The van der Waals surface area contributed by atoms with Crippen LogP contribution in [0.15, 0.2) is 34.6 Å². The third-order valence-electron chi connectivity index (χ3n) is 2.71. The molecule has 0 fully saturated rings. The molecule has 2 aromatic heterocycles. The number of aromatic nitrogens is 4. The summed E-state index contributed by atoms with van der Waals surface area (Å²) < 4.78 is 3.13. The van der Waals surface area contributed by atoms with Gasteiger partial charge < -0.3 is 15.5 Å². The van der Waals surface area contributed by atoms with Crippen molar-refractivity contribution in [1.82, 2.24) is 19.3 Å². The summed E-state index contributed by atoms with van der Waals surface area (Å²) >= 11 is 0. The normalized spacial score (nSPS) is 11.7. The number of hydrogen-bond acceptors (Lipinski definition) is 5. The SMILES string of the molecule is CCn1ncnc1Cn1cccc(/C(N)=N/O)c1=O. The van der Waals surface area contributed by atoms with E-state index in [1.54, 1.807) is 16.9 Å². The largest absolute Gasteiger partial charge is 0.409 e. The minimum atomic E-state index is -0.344. The van der Waals surface area contributed by atoms with Gasteiger partial charge in [-0.2, -0.15) is 5.10 Å². The number of oxime groups is 1. The van der Waals surface area contributed by atoms with Crippen molar-refractivity contribution >= 4 is 5.84 Å². The average molecular weight is 262 g/mol. The number of amidine groups is 1. The topological polar surface area (TPSA) is 111 Å². The Balaban J connectivity index is 2.39. The first-order valence-corrected chi connectivity index (χ1v) is 5.71. The predicted octanol–water partition coefficient (Wildman–Crippen LogP) is -0.397. The molecule has 19 heavy (non-hydrogen) atoms. The van der Waals surface area contributed by atoms with Gasteiger partial charge in [0.1, 0.15) is 12.2 Å². The molecule has 0 amide bonds. The van der Waals surface area contributed by atoms with Crippen LogP contribution in [-0.4, -0.2) is 30.4 Å². The van der Waals surface area contributed by atoms with Crippen molar-refractivity contribution in [2.45, 2.75) is 20.0 Å². The van der Waals surface area contributed by atoms with E-state index in [2.05, 4.69) is 15.2 Å². The highest BCUT2D eigenvalue weighted by atomic mass is 16.4. The van der Waals surface area contributed by atoms with Gasteiger partial charge in [0.25, 0.3) is 5.56 Å². The van der Waals surface area contributed by atoms with Gasteiger partial charge in [0.2, 0.25) is 0 Å². The van der Waals surface area contributed by atoms with Crippen molar-refractivity contribution in [3.05, 3.63) is 46.4 Å². The first-order valence-electron chi connectivity index (χ1n) is 5.71. The molecular weight excluding hydrogens is 248 g/mol. The molecule has 0 unspecified atom stereocenters. The lowest BCUT2D eigenvalue weighted by molar-refractivity contribution is 0.318. The zero-order chi connectivity index (χ0) is 13.8. The lowest BCUT2D eigenvalue weighted by atomic mass is 10.2. The molecule has 0 radical (unpaired) electrons. The molecule has 0 aliphatic heterocycles. The van der Waals surface area contributed by atoms with Crippen molar-refractivity contribution in [3.63, 3.8) is 0 Å². The Hall–Kier alpha value is -2.64. The molecule has 0 saturated heterocycles. The Bertz CT molecular complexity index is 657. The monoisotopic (exact) mass is 262 g/mol. The average Bonchev–Trinajstić information content (AvgIpc) is 2.87. The molecule has 0 bridgehead atoms. The first-order chi connectivity index (χ1) is 9.17. The quantitative estimate of drug-likeness (QED) is 0.337. The highest BCUT2D eigenvalue weighted by molar-refractivity contribution is 5.96. The standard InChI is InChI=1S/C11H14N6O2/c1-2-17-9(13-7-14-17)6-16-5-3-4-8(11(16)18)10(12)15-19/h3-5,7,19H,2,6H2,1H3,(H2,12,15). The van der Waals surface area contributed by atoms with Crippen LogP contribution in [0.5, 0.6) is 0 Å². The minimum Gasteiger partial charge on any atom is -0.409 e. The van der Waals surface area contributed by atoms with Crippen LogP contribution in [0, 0.1) is 0 Å². The summed E-state index contributed by atoms with van der Waals surface area (Å²) in [5.74, 6) is 0.456. The van der Waals surface area contributed by atoms with E-state index in [1.165, 1.54) is 17.0 Å². The van der Waals surface area contributed by atoms with Crippen molar-refractivity contribution in [2.75, 3.05) is 0 Å². The molecule has 2 heterocycles. The number of nitrogens with two attached hydrogens (primary N) is 1. The van der Waals surface area contributed by atoms with E-state index in [0.29, 0.717) is 12.4 Å². The second kappa shape index (κ2) is 5.34. The van der Waals surface area contributed by atoms with Crippen molar-refractivity contribution in [2.24, 2.45) is 10.9 Å². The molecule has 3 N–H and O–H groups in total. The van der Waals surface area contributed by atoms with Gasteiger partial charge in [-0.15, -0.1) is 0 Å². The Morgan fingerprint density at radius 1 is 1.58 bits per heavy atom. The summed E-state index contributed by atoms with van der Waals surface area (Å²) in [5.41, 5.74) is 5.25. The summed E-state index contributed by atoms with van der Waals surface area (Å²) in [6, 6.07) is 3.15. The molecule has 100 valence electrons. The lowest BCUT2D eigenvalue weighted by Gasteiger charge is -2.07. The Morgan fingerprint density at radius 3 is 3.05 bits per heavy atom. The van der Waals surface area contributed by atoms with E-state index in [1.807, 2.05) is 6.92 Å². The third-order valence-corrected chi connectivity index (χ3v) is 2.71. The van der Waals surface area contributed by atoms with E-state index in [0.717, 1.165) is 0 Å². The number of aryl methyl sites for hydroxylation is 1. The Labute approximate surface area is 108 Å². The Kier molecular flexibility index (Phi) is 3.60. The molecule has 8 heteroatoms. The van der Waals surface area contributed by atoms with Crippen molar-refractivity contribution in [1.29, 1.82) is 0 Å². The second-order valence-electron chi connectivity index (χ2n) is 3.83. The van der Waals surface area contributed by atoms with E-state index in [-0.39, 0.29) is 23.5 Å². The summed E-state index contributed by atoms with van der Waals surface area (Å²) in [6.45, 7) is 2.89. The maximum Gasteiger partial charge on any atom is 0.262 e. The van der Waals surface area contributed by atoms with E-state index >= 15 is 0 Å². The molecule has 0 saturated carbocycles. The maximum absolute atomic E-state index is 12.1. The zero-order valence-corrected chi connectivity index (χ0v) is 10.4. The number of pyridine rings is 1. The maximum atomic E-state index is 12.1. The molecule has 8 nitrogen and oxygen atoms in total. The van der Waals surface area contributed by atoms with Gasteiger partial charge in [-0.1, -0.05) is 5.16 Å². The van der Waals surface area contributed by atoms with Crippen LogP contribution >= 0.6 is 0 Å². The summed E-state index contributed by atoms with van der Waals surface area (Å²) in [5, 5.41) is 15.5. The van der Waals surface area contributed by atoms with Crippen LogP contribution in [0.4, 0.5) is 0 Å². The molecule has 0 atom stereocenters. The molecular formula is C11H14N6O2. The molecule has 0 spiro atoms. The third kappa shape index (κ3) is 2.46. The molecule has 2 rings (SSSR count). The summed E-state index contributed by atoms with van der Waals surface area (Å²) in [7, 11) is 0. The van der Waals surface area contributed by atoms with Gasteiger partial charge in [0, 0.05) is 12.7 Å². The summed E-state index contributed by atoms with van der Waals surface area (Å²) in [4.78, 5) is 16.2. The highest BCUT2D eigenvalue weighted by Crippen LogP contribution is 1.98. The Morgan fingerprint density at radius 2 is 2.37 bits per heavy atom. The van der Waals surface area contributed by atoms with Crippen molar-refractivity contribution < 1.29 is 5.21 Å². The lowest BCUT2D eigenvalue weighted by Crippen LogP contribution is -2.30. The van der Waals surface area contributed by atoms with Gasteiger partial charge in [0.05, 0.1) is 12.1 Å². The van der Waals surface area contributed by atoms with Crippen LogP contribution in [0.2, 0.25) is 0 Å². The van der Waals surface area contributed by atoms with Gasteiger partial charge in [-0.3, -0.25) is 4.79 Å². The minimum absolute atomic E-state index is 0.146. The molecule has 2 aromatic rings. The first kappa shape index (κ1) is 12.8. The van der Waals surface area contributed by atoms with Crippen molar-refractivity contribution in [3.8, 4) is 0 Å². The number of nitrogens with zero attached hydrogens (tertiary/aromatic N) is 5. The van der Waals surface area contributed by atoms with Gasteiger partial charge in [-0.05, 0) is 19.1 Å². The highest BCUT2D eigenvalue weighted by Gasteiger charge is 2.10. The smallest absolute Gasteiger partial charge is 0.262 e. The fourth-order valence-corrected chi connectivity index (χ4v) is 1.74. The van der Waals surface area contributed by atoms with E-state index < -0.39 is 0 Å².